The van der Waals surface area contributed by atoms with Gasteiger partial charge in [0.2, 0.25) is 0 Å². The van der Waals surface area contributed by atoms with Crippen molar-refractivity contribution < 1.29 is 14.3 Å². The molecule has 0 atom stereocenters. The van der Waals surface area contributed by atoms with Crippen molar-refractivity contribution >= 4 is 23.4 Å². The number of esters is 1. The van der Waals surface area contributed by atoms with E-state index in [1.807, 2.05) is 31.2 Å². The molecule has 0 saturated carbocycles. The van der Waals surface area contributed by atoms with Crippen LogP contribution >= 0.6 is 0 Å². The Balaban J connectivity index is 1.59. The SMILES string of the molecule is Cc1ccc(-n2nnc(C(=O)Nc3ccc4c(c3)C(=O)OC4)c2N)cc1. The number of carbonyl (C=O) groups is 2. The molecule has 1 aliphatic rings. The third-order valence-electron chi connectivity index (χ3n) is 4.15. The van der Waals surface area contributed by atoms with Crippen molar-refractivity contribution in [3.8, 4) is 5.69 Å². The molecule has 8 heteroatoms. The van der Waals surface area contributed by atoms with Gasteiger partial charge < -0.3 is 15.8 Å². The van der Waals surface area contributed by atoms with Crippen LogP contribution in [0, 0.1) is 6.92 Å². The second-order valence-electron chi connectivity index (χ2n) is 5.97. The van der Waals surface area contributed by atoms with Crippen LogP contribution in [0.1, 0.15) is 32.0 Å². The van der Waals surface area contributed by atoms with Crippen molar-refractivity contribution in [1.29, 1.82) is 0 Å². The molecule has 26 heavy (non-hydrogen) atoms. The maximum atomic E-state index is 12.5. The van der Waals surface area contributed by atoms with Crippen LogP contribution in [0.3, 0.4) is 0 Å². The molecule has 130 valence electrons. The number of rotatable bonds is 3. The zero-order valence-electron chi connectivity index (χ0n) is 13.9. The molecular weight excluding hydrogens is 334 g/mol. The normalized spacial score (nSPS) is 12.6. The molecule has 0 aliphatic carbocycles. The standard InChI is InChI=1S/C18H15N5O3/c1-10-2-6-13(7-3-10)23-16(19)15(21-22-23)17(24)20-12-5-4-11-9-26-18(25)14(11)8-12/h2-8H,9,19H2,1H3,(H,20,24). The van der Waals surface area contributed by atoms with Gasteiger partial charge in [-0.15, -0.1) is 5.10 Å². The average molecular weight is 349 g/mol. The fraction of sp³-hybridized carbons (Fsp3) is 0.111. The van der Waals surface area contributed by atoms with Crippen molar-refractivity contribution in [3.05, 3.63) is 64.8 Å². The average Bonchev–Trinajstić information content (AvgIpc) is 3.19. The summed E-state index contributed by atoms with van der Waals surface area (Å²) < 4.78 is 6.35. The molecule has 1 aliphatic heterocycles. The van der Waals surface area contributed by atoms with Crippen molar-refractivity contribution in [2.24, 2.45) is 0 Å². The number of aryl methyl sites for hydroxylation is 1. The molecule has 0 unspecified atom stereocenters. The molecule has 0 radical (unpaired) electrons. The molecule has 8 nitrogen and oxygen atoms in total. The van der Waals surface area contributed by atoms with Gasteiger partial charge in [0.1, 0.15) is 6.61 Å². The van der Waals surface area contributed by atoms with Gasteiger partial charge in [0.15, 0.2) is 11.5 Å². The summed E-state index contributed by atoms with van der Waals surface area (Å²) in [5.41, 5.74) is 9.55. The molecule has 0 fully saturated rings. The van der Waals surface area contributed by atoms with Gasteiger partial charge in [-0.2, -0.15) is 4.68 Å². The highest BCUT2D eigenvalue weighted by molar-refractivity contribution is 6.06. The fourth-order valence-electron chi connectivity index (χ4n) is 2.71. The second kappa shape index (κ2) is 5.99. The Bertz CT molecular complexity index is 1020. The van der Waals surface area contributed by atoms with E-state index < -0.39 is 11.9 Å². The number of nitrogens with one attached hydrogen (secondary N) is 1. The number of aromatic nitrogens is 3. The summed E-state index contributed by atoms with van der Waals surface area (Å²) in [4.78, 5) is 24.1. The largest absolute Gasteiger partial charge is 0.457 e. The molecule has 0 saturated heterocycles. The Labute approximate surface area is 148 Å². The zero-order chi connectivity index (χ0) is 18.3. The summed E-state index contributed by atoms with van der Waals surface area (Å²) in [5.74, 6) is -0.778. The first-order chi connectivity index (χ1) is 12.5. The Morgan fingerprint density at radius 2 is 2.00 bits per heavy atom. The minimum absolute atomic E-state index is 0.00801. The van der Waals surface area contributed by atoms with E-state index in [1.165, 1.54) is 4.68 Å². The fourth-order valence-corrected chi connectivity index (χ4v) is 2.71. The first kappa shape index (κ1) is 15.8. The van der Waals surface area contributed by atoms with Crippen molar-refractivity contribution in [2.45, 2.75) is 13.5 Å². The lowest BCUT2D eigenvalue weighted by Crippen LogP contribution is -2.15. The number of hydrogen-bond acceptors (Lipinski definition) is 6. The topological polar surface area (TPSA) is 112 Å². The highest BCUT2D eigenvalue weighted by atomic mass is 16.5. The number of nitrogens with two attached hydrogens (primary N) is 1. The van der Waals surface area contributed by atoms with Crippen LogP contribution in [0.15, 0.2) is 42.5 Å². The minimum Gasteiger partial charge on any atom is -0.457 e. The van der Waals surface area contributed by atoms with E-state index in [0.29, 0.717) is 16.9 Å². The Morgan fingerprint density at radius 1 is 1.23 bits per heavy atom. The lowest BCUT2D eigenvalue weighted by Gasteiger charge is -2.06. The van der Waals surface area contributed by atoms with Crippen molar-refractivity contribution in [1.82, 2.24) is 15.0 Å². The number of amides is 1. The molecule has 1 aromatic heterocycles. The smallest absolute Gasteiger partial charge is 0.338 e. The monoisotopic (exact) mass is 349 g/mol. The molecule has 4 rings (SSSR count). The van der Waals surface area contributed by atoms with Gasteiger partial charge in [0.05, 0.1) is 11.3 Å². The van der Waals surface area contributed by atoms with E-state index in [2.05, 4.69) is 15.6 Å². The Morgan fingerprint density at radius 3 is 2.77 bits per heavy atom. The van der Waals surface area contributed by atoms with Crippen LogP contribution < -0.4 is 11.1 Å². The third-order valence-corrected chi connectivity index (χ3v) is 4.15. The molecule has 0 spiro atoms. The maximum absolute atomic E-state index is 12.5. The Kier molecular flexibility index (Phi) is 3.65. The van der Waals surface area contributed by atoms with E-state index in [9.17, 15) is 9.59 Å². The number of fused-ring (bicyclic) bond motifs is 1. The predicted molar refractivity (Wildman–Crippen MR) is 94.0 cm³/mol. The number of nitrogens with zero attached hydrogens (tertiary/aromatic N) is 3. The summed E-state index contributed by atoms with van der Waals surface area (Å²) >= 11 is 0. The molecular formula is C18H15N5O3. The van der Waals surface area contributed by atoms with E-state index in [4.69, 9.17) is 10.5 Å². The van der Waals surface area contributed by atoms with Gasteiger partial charge in [-0.3, -0.25) is 4.79 Å². The predicted octanol–water partition coefficient (Wildman–Crippen LogP) is 2.08. The molecule has 2 heterocycles. The van der Waals surface area contributed by atoms with Gasteiger partial charge in [0, 0.05) is 11.3 Å². The van der Waals surface area contributed by atoms with Crippen LogP contribution in [0.25, 0.3) is 5.69 Å². The quantitative estimate of drug-likeness (QED) is 0.700. The summed E-state index contributed by atoms with van der Waals surface area (Å²) in [6.07, 6.45) is 0. The summed E-state index contributed by atoms with van der Waals surface area (Å²) in [7, 11) is 0. The number of ether oxygens (including phenoxy) is 1. The van der Waals surface area contributed by atoms with E-state index in [1.54, 1.807) is 18.2 Å². The van der Waals surface area contributed by atoms with Crippen LogP contribution in [0.5, 0.6) is 0 Å². The lowest BCUT2D eigenvalue weighted by atomic mass is 10.1. The third kappa shape index (κ3) is 2.67. The summed E-state index contributed by atoms with van der Waals surface area (Å²) in [6.45, 7) is 2.22. The summed E-state index contributed by atoms with van der Waals surface area (Å²) in [6, 6.07) is 12.5. The van der Waals surface area contributed by atoms with Gasteiger partial charge in [-0.25, -0.2) is 4.79 Å². The van der Waals surface area contributed by atoms with Gasteiger partial charge in [-0.1, -0.05) is 29.0 Å². The minimum atomic E-state index is -0.507. The van der Waals surface area contributed by atoms with Crippen LogP contribution in [-0.2, 0) is 11.3 Å². The van der Waals surface area contributed by atoms with Gasteiger partial charge in [0.25, 0.3) is 5.91 Å². The van der Waals surface area contributed by atoms with Crippen molar-refractivity contribution in [3.63, 3.8) is 0 Å². The molecule has 3 aromatic rings. The van der Waals surface area contributed by atoms with E-state index in [-0.39, 0.29) is 18.1 Å². The van der Waals surface area contributed by atoms with Crippen molar-refractivity contribution in [2.75, 3.05) is 11.1 Å². The lowest BCUT2D eigenvalue weighted by molar-refractivity contribution is 0.0535. The second-order valence-corrected chi connectivity index (χ2v) is 5.97. The Hall–Kier alpha value is -3.68. The summed E-state index contributed by atoms with van der Waals surface area (Å²) in [5, 5.41) is 10.5. The maximum Gasteiger partial charge on any atom is 0.338 e. The first-order valence-electron chi connectivity index (χ1n) is 7.92. The van der Waals surface area contributed by atoms with Gasteiger partial charge in [-0.05, 0) is 31.2 Å². The highest BCUT2D eigenvalue weighted by Crippen LogP contribution is 2.24. The molecule has 1 amide bonds. The number of cyclic esters (lactones) is 1. The number of anilines is 2. The van der Waals surface area contributed by atoms with Crippen LogP contribution in [-0.4, -0.2) is 26.9 Å². The van der Waals surface area contributed by atoms with E-state index in [0.717, 1.165) is 11.1 Å². The number of hydrogen-bond donors (Lipinski definition) is 2. The van der Waals surface area contributed by atoms with E-state index >= 15 is 0 Å². The molecule has 0 bridgehead atoms. The number of carbonyl (C=O) groups excluding carboxylic acids is 2. The molecule has 3 N–H and O–H groups in total. The first-order valence-corrected chi connectivity index (χ1v) is 7.92. The highest BCUT2D eigenvalue weighted by Gasteiger charge is 2.23. The zero-order valence-corrected chi connectivity index (χ0v) is 13.9. The molecule has 2 aromatic carbocycles. The number of benzene rings is 2. The van der Waals surface area contributed by atoms with Crippen LogP contribution in [0.4, 0.5) is 11.5 Å². The number of nitrogen functional groups attached to an aromatic ring is 1. The van der Waals surface area contributed by atoms with Crippen LogP contribution in [0.2, 0.25) is 0 Å². The van der Waals surface area contributed by atoms with Gasteiger partial charge >= 0.3 is 5.97 Å².